The predicted molar refractivity (Wildman–Crippen MR) is 72.6 cm³/mol. The molecule has 0 aliphatic carbocycles. The van der Waals surface area contributed by atoms with Crippen molar-refractivity contribution in [2.45, 2.75) is 32.4 Å². The number of unbranched alkanes of at least 4 members (excludes halogenated alkanes) is 1. The zero-order chi connectivity index (χ0) is 15.9. The fourth-order valence-corrected chi connectivity index (χ4v) is 1.64. The van der Waals surface area contributed by atoms with E-state index in [0.29, 0.717) is 12.8 Å². The summed E-state index contributed by atoms with van der Waals surface area (Å²) in [7, 11) is 0. The van der Waals surface area contributed by atoms with Gasteiger partial charge in [-0.1, -0.05) is 25.5 Å². The molecule has 1 aromatic rings. The first-order valence-electron chi connectivity index (χ1n) is 6.57. The summed E-state index contributed by atoms with van der Waals surface area (Å²) in [5.74, 6) is -0.993. The average Bonchev–Trinajstić information content (AvgIpc) is 2.42. The molecule has 0 fully saturated rings. The SMILES string of the molecule is CCCCC(=O)NCC(=O)Nc1ccccc1C(F)(F)F. The van der Waals surface area contributed by atoms with Crippen molar-refractivity contribution >= 4 is 17.5 Å². The standard InChI is InChI=1S/C14H17F3N2O2/c1-2-3-8-12(20)18-9-13(21)19-11-7-5-4-6-10(11)14(15,16)17/h4-7H,2-3,8-9H2,1H3,(H,18,20)(H,19,21). The van der Waals surface area contributed by atoms with Crippen molar-refractivity contribution < 1.29 is 22.8 Å². The minimum atomic E-state index is -4.55. The number of hydrogen-bond acceptors (Lipinski definition) is 2. The topological polar surface area (TPSA) is 58.2 Å². The molecular formula is C14H17F3N2O2. The fraction of sp³-hybridized carbons (Fsp3) is 0.429. The Balaban J connectivity index is 2.58. The Kier molecular flexibility index (Phi) is 6.20. The summed E-state index contributed by atoms with van der Waals surface area (Å²) in [4.78, 5) is 22.9. The van der Waals surface area contributed by atoms with Crippen molar-refractivity contribution in [2.24, 2.45) is 0 Å². The van der Waals surface area contributed by atoms with Gasteiger partial charge in [0, 0.05) is 6.42 Å². The van der Waals surface area contributed by atoms with Gasteiger partial charge >= 0.3 is 6.18 Å². The van der Waals surface area contributed by atoms with Gasteiger partial charge in [-0.05, 0) is 18.6 Å². The second-order valence-corrected chi connectivity index (χ2v) is 4.47. The van der Waals surface area contributed by atoms with Gasteiger partial charge in [0.15, 0.2) is 0 Å². The van der Waals surface area contributed by atoms with Crippen LogP contribution in [0, 0.1) is 0 Å². The first-order valence-corrected chi connectivity index (χ1v) is 6.57. The number of anilines is 1. The molecule has 0 radical (unpaired) electrons. The largest absolute Gasteiger partial charge is 0.418 e. The second-order valence-electron chi connectivity index (χ2n) is 4.47. The number of nitrogens with one attached hydrogen (secondary N) is 2. The molecule has 2 N–H and O–H groups in total. The Morgan fingerprint density at radius 2 is 1.81 bits per heavy atom. The van der Waals surface area contributed by atoms with E-state index in [0.717, 1.165) is 12.5 Å². The lowest BCUT2D eigenvalue weighted by Crippen LogP contribution is -2.33. The van der Waals surface area contributed by atoms with Crippen LogP contribution in [0.25, 0.3) is 0 Å². The third kappa shape index (κ3) is 5.85. The Morgan fingerprint density at radius 3 is 2.43 bits per heavy atom. The molecule has 0 bridgehead atoms. The summed E-state index contributed by atoms with van der Waals surface area (Å²) in [6.07, 6.45) is -2.71. The van der Waals surface area contributed by atoms with Crippen LogP contribution in [-0.4, -0.2) is 18.4 Å². The van der Waals surface area contributed by atoms with E-state index in [-0.39, 0.29) is 18.1 Å². The van der Waals surface area contributed by atoms with Crippen molar-refractivity contribution in [1.29, 1.82) is 0 Å². The summed E-state index contributed by atoms with van der Waals surface area (Å²) in [5, 5.41) is 4.52. The predicted octanol–water partition coefficient (Wildman–Crippen LogP) is 2.95. The highest BCUT2D eigenvalue weighted by atomic mass is 19.4. The Hall–Kier alpha value is -2.05. The average molecular weight is 302 g/mol. The number of hydrogen-bond donors (Lipinski definition) is 2. The van der Waals surface area contributed by atoms with Crippen molar-refractivity contribution in [1.82, 2.24) is 5.32 Å². The van der Waals surface area contributed by atoms with Gasteiger partial charge in [-0.3, -0.25) is 9.59 Å². The fourth-order valence-electron chi connectivity index (χ4n) is 1.64. The second kappa shape index (κ2) is 7.66. The minimum Gasteiger partial charge on any atom is -0.347 e. The highest BCUT2D eigenvalue weighted by Gasteiger charge is 2.33. The summed E-state index contributed by atoms with van der Waals surface area (Å²) in [5.41, 5.74) is -1.24. The molecule has 2 amide bonds. The van der Waals surface area contributed by atoms with Crippen LogP contribution in [0.2, 0.25) is 0 Å². The molecule has 7 heteroatoms. The van der Waals surface area contributed by atoms with Crippen LogP contribution in [-0.2, 0) is 15.8 Å². The molecule has 0 unspecified atom stereocenters. The quantitative estimate of drug-likeness (QED) is 0.849. The molecule has 21 heavy (non-hydrogen) atoms. The van der Waals surface area contributed by atoms with Crippen molar-refractivity contribution in [3.8, 4) is 0 Å². The van der Waals surface area contributed by atoms with Crippen LogP contribution in [0.1, 0.15) is 31.7 Å². The Morgan fingerprint density at radius 1 is 1.14 bits per heavy atom. The van der Waals surface area contributed by atoms with Crippen LogP contribution < -0.4 is 10.6 Å². The van der Waals surface area contributed by atoms with Crippen LogP contribution in [0.15, 0.2) is 24.3 Å². The van der Waals surface area contributed by atoms with Gasteiger partial charge < -0.3 is 10.6 Å². The zero-order valence-electron chi connectivity index (χ0n) is 11.6. The van der Waals surface area contributed by atoms with E-state index in [1.54, 1.807) is 0 Å². The van der Waals surface area contributed by atoms with Gasteiger partial charge in [0.1, 0.15) is 0 Å². The first-order chi connectivity index (χ1) is 9.84. The van der Waals surface area contributed by atoms with Crippen LogP contribution in [0.3, 0.4) is 0 Å². The van der Waals surface area contributed by atoms with E-state index in [2.05, 4.69) is 10.6 Å². The molecule has 0 aromatic heterocycles. The van der Waals surface area contributed by atoms with E-state index in [4.69, 9.17) is 0 Å². The zero-order valence-corrected chi connectivity index (χ0v) is 11.6. The molecule has 0 atom stereocenters. The van der Waals surface area contributed by atoms with Gasteiger partial charge in [-0.2, -0.15) is 13.2 Å². The minimum absolute atomic E-state index is 0.295. The normalized spacial score (nSPS) is 11.0. The summed E-state index contributed by atoms with van der Waals surface area (Å²) in [6, 6.07) is 4.69. The number of carbonyl (C=O) groups is 2. The molecule has 1 rings (SSSR count). The molecule has 0 saturated heterocycles. The van der Waals surface area contributed by atoms with Gasteiger partial charge in [-0.25, -0.2) is 0 Å². The molecule has 0 aliphatic rings. The maximum atomic E-state index is 12.7. The van der Waals surface area contributed by atoms with Crippen molar-refractivity contribution in [3.05, 3.63) is 29.8 Å². The molecule has 4 nitrogen and oxygen atoms in total. The molecule has 0 spiro atoms. The number of para-hydroxylation sites is 1. The monoisotopic (exact) mass is 302 g/mol. The summed E-state index contributed by atoms with van der Waals surface area (Å²) in [6.45, 7) is 1.57. The Bertz CT molecular complexity index is 501. The number of rotatable bonds is 6. The molecule has 0 heterocycles. The third-order valence-corrected chi connectivity index (χ3v) is 2.71. The number of alkyl halides is 3. The lowest BCUT2D eigenvalue weighted by atomic mass is 10.1. The maximum absolute atomic E-state index is 12.7. The summed E-state index contributed by atoms with van der Waals surface area (Å²) < 4.78 is 38.2. The van der Waals surface area contributed by atoms with Gasteiger partial charge in [0.05, 0.1) is 17.8 Å². The van der Waals surface area contributed by atoms with Crippen LogP contribution >= 0.6 is 0 Å². The van der Waals surface area contributed by atoms with E-state index in [9.17, 15) is 22.8 Å². The Labute approximate surface area is 120 Å². The van der Waals surface area contributed by atoms with Gasteiger partial charge in [-0.15, -0.1) is 0 Å². The number of carbonyl (C=O) groups excluding carboxylic acids is 2. The molecule has 1 aromatic carbocycles. The third-order valence-electron chi connectivity index (χ3n) is 2.71. The van der Waals surface area contributed by atoms with Crippen molar-refractivity contribution in [2.75, 3.05) is 11.9 Å². The van der Waals surface area contributed by atoms with E-state index in [1.165, 1.54) is 18.2 Å². The van der Waals surface area contributed by atoms with Gasteiger partial charge in [0.25, 0.3) is 0 Å². The number of benzene rings is 1. The number of halogens is 3. The lowest BCUT2D eigenvalue weighted by molar-refractivity contribution is -0.137. The van der Waals surface area contributed by atoms with E-state index >= 15 is 0 Å². The molecule has 0 saturated carbocycles. The first kappa shape index (κ1) is 17.0. The molecule has 116 valence electrons. The molecule has 0 aliphatic heterocycles. The smallest absolute Gasteiger partial charge is 0.347 e. The van der Waals surface area contributed by atoms with Crippen LogP contribution in [0.5, 0.6) is 0 Å². The van der Waals surface area contributed by atoms with Gasteiger partial charge in [0.2, 0.25) is 11.8 Å². The summed E-state index contributed by atoms with van der Waals surface area (Å²) >= 11 is 0. The number of amides is 2. The highest BCUT2D eigenvalue weighted by molar-refractivity contribution is 5.95. The van der Waals surface area contributed by atoms with E-state index < -0.39 is 17.6 Å². The molecular weight excluding hydrogens is 285 g/mol. The lowest BCUT2D eigenvalue weighted by Gasteiger charge is -2.13. The highest BCUT2D eigenvalue weighted by Crippen LogP contribution is 2.34. The maximum Gasteiger partial charge on any atom is 0.418 e. The van der Waals surface area contributed by atoms with Crippen LogP contribution in [0.4, 0.5) is 18.9 Å². The van der Waals surface area contributed by atoms with Crippen molar-refractivity contribution in [3.63, 3.8) is 0 Å². The van der Waals surface area contributed by atoms with E-state index in [1.807, 2.05) is 6.92 Å².